The van der Waals surface area contributed by atoms with Gasteiger partial charge in [-0.1, -0.05) is 36.5 Å². The van der Waals surface area contributed by atoms with Crippen LogP contribution >= 0.6 is 23.1 Å². The molecule has 29 heavy (non-hydrogen) atoms. The van der Waals surface area contributed by atoms with Crippen molar-refractivity contribution in [3.63, 3.8) is 0 Å². The fourth-order valence-electron chi connectivity index (χ4n) is 2.95. The molecule has 4 rings (SSSR count). The molecule has 0 saturated carbocycles. The van der Waals surface area contributed by atoms with Gasteiger partial charge in [0.2, 0.25) is 0 Å². The molecule has 0 aliphatic heterocycles. The molecule has 0 unspecified atom stereocenters. The van der Waals surface area contributed by atoms with E-state index in [0.29, 0.717) is 20.9 Å². The molecule has 2 aromatic carbocycles. The van der Waals surface area contributed by atoms with Crippen LogP contribution in [0.3, 0.4) is 0 Å². The number of nitrogens with zero attached hydrogens (tertiary/aromatic N) is 3. The number of thiazole rings is 1. The van der Waals surface area contributed by atoms with E-state index in [0.717, 1.165) is 16.3 Å². The number of pyridine rings is 1. The van der Waals surface area contributed by atoms with Gasteiger partial charge in [-0.15, -0.1) is 11.8 Å². The van der Waals surface area contributed by atoms with Crippen molar-refractivity contribution in [1.82, 2.24) is 9.97 Å². The number of rotatable bonds is 6. The molecule has 0 N–H and O–H groups in total. The Kier molecular flexibility index (Phi) is 5.87. The molecule has 0 saturated heterocycles. The lowest BCUT2D eigenvalue weighted by Gasteiger charge is -2.21. The van der Waals surface area contributed by atoms with Gasteiger partial charge in [-0.3, -0.25) is 14.7 Å². The first-order valence-corrected chi connectivity index (χ1v) is 11.0. The second-order valence-corrected chi connectivity index (χ2v) is 8.56. The standard InChI is InChI=1S/C22H18FN3OS2/c1-2-28-19-9-4-3-8-17(19)21(27)26(14-16-7-5-6-12-24-16)22-25-18-11-10-15(23)13-20(18)29-22/h3-13H,2,14H2,1H3. The molecule has 2 aromatic heterocycles. The van der Waals surface area contributed by atoms with Crippen molar-refractivity contribution in [3.8, 4) is 0 Å². The van der Waals surface area contributed by atoms with E-state index in [1.165, 1.54) is 23.5 Å². The average Bonchev–Trinajstić information content (AvgIpc) is 3.16. The predicted molar refractivity (Wildman–Crippen MR) is 117 cm³/mol. The maximum Gasteiger partial charge on any atom is 0.261 e. The van der Waals surface area contributed by atoms with Crippen LogP contribution in [0.25, 0.3) is 10.2 Å². The van der Waals surface area contributed by atoms with Crippen LogP contribution in [-0.2, 0) is 6.54 Å². The van der Waals surface area contributed by atoms with E-state index in [9.17, 15) is 9.18 Å². The summed E-state index contributed by atoms with van der Waals surface area (Å²) in [6, 6.07) is 17.6. The van der Waals surface area contributed by atoms with Crippen molar-refractivity contribution >= 4 is 44.4 Å². The van der Waals surface area contributed by atoms with Crippen molar-refractivity contribution in [2.75, 3.05) is 10.7 Å². The molecule has 0 aliphatic carbocycles. The molecular formula is C22H18FN3OS2. The van der Waals surface area contributed by atoms with Crippen LogP contribution < -0.4 is 4.90 Å². The second-order valence-electron chi connectivity index (χ2n) is 6.25. The molecule has 1 amide bonds. The predicted octanol–water partition coefficient (Wildman–Crippen LogP) is 5.79. The van der Waals surface area contributed by atoms with Crippen LogP contribution in [0.4, 0.5) is 9.52 Å². The summed E-state index contributed by atoms with van der Waals surface area (Å²) in [4.78, 5) is 25.1. The van der Waals surface area contributed by atoms with E-state index in [2.05, 4.69) is 16.9 Å². The third-order valence-corrected chi connectivity index (χ3v) is 6.28. The molecular weight excluding hydrogens is 405 g/mol. The quantitative estimate of drug-likeness (QED) is 0.368. The highest BCUT2D eigenvalue weighted by Crippen LogP contribution is 2.32. The number of anilines is 1. The lowest BCUT2D eigenvalue weighted by molar-refractivity contribution is 0.0982. The van der Waals surface area contributed by atoms with Gasteiger partial charge in [-0.25, -0.2) is 9.37 Å². The number of carbonyl (C=O) groups is 1. The first-order chi connectivity index (χ1) is 14.2. The number of carbonyl (C=O) groups excluding carboxylic acids is 1. The lowest BCUT2D eigenvalue weighted by Crippen LogP contribution is -2.31. The highest BCUT2D eigenvalue weighted by atomic mass is 32.2. The van der Waals surface area contributed by atoms with Gasteiger partial charge in [0.25, 0.3) is 5.91 Å². The van der Waals surface area contributed by atoms with Crippen LogP contribution in [0.1, 0.15) is 23.0 Å². The number of halogens is 1. The van der Waals surface area contributed by atoms with Gasteiger partial charge in [0.1, 0.15) is 5.82 Å². The summed E-state index contributed by atoms with van der Waals surface area (Å²) in [5.74, 6) is 0.400. The zero-order chi connectivity index (χ0) is 20.2. The van der Waals surface area contributed by atoms with Crippen molar-refractivity contribution in [2.24, 2.45) is 0 Å². The Morgan fingerprint density at radius 1 is 1.14 bits per heavy atom. The smallest absolute Gasteiger partial charge is 0.261 e. The van der Waals surface area contributed by atoms with Gasteiger partial charge in [0.05, 0.1) is 28.0 Å². The summed E-state index contributed by atoms with van der Waals surface area (Å²) in [5.41, 5.74) is 2.05. The van der Waals surface area contributed by atoms with Crippen molar-refractivity contribution in [3.05, 3.63) is 83.9 Å². The number of aromatic nitrogens is 2. The minimum atomic E-state index is -0.319. The van der Waals surface area contributed by atoms with Crippen LogP contribution in [0.15, 0.2) is 71.8 Å². The zero-order valence-electron chi connectivity index (χ0n) is 15.7. The van der Waals surface area contributed by atoms with Crippen molar-refractivity contribution < 1.29 is 9.18 Å². The summed E-state index contributed by atoms with van der Waals surface area (Å²) in [6.45, 7) is 2.34. The maximum atomic E-state index is 13.6. The van der Waals surface area contributed by atoms with Gasteiger partial charge >= 0.3 is 0 Å². The maximum absolute atomic E-state index is 13.6. The number of benzene rings is 2. The molecule has 7 heteroatoms. The second kappa shape index (κ2) is 8.71. The highest BCUT2D eigenvalue weighted by molar-refractivity contribution is 7.99. The number of amides is 1. The van der Waals surface area contributed by atoms with Crippen LogP contribution in [-0.4, -0.2) is 21.6 Å². The van der Waals surface area contributed by atoms with Gasteiger partial charge in [0.15, 0.2) is 5.13 Å². The SMILES string of the molecule is CCSc1ccccc1C(=O)N(Cc1ccccn1)c1nc2ccc(F)cc2s1. The molecule has 0 radical (unpaired) electrons. The van der Waals surface area contributed by atoms with E-state index in [4.69, 9.17) is 0 Å². The zero-order valence-corrected chi connectivity index (χ0v) is 17.3. The van der Waals surface area contributed by atoms with Gasteiger partial charge in [0, 0.05) is 11.1 Å². The molecule has 0 atom stereocenters. The summed E-state index contributed by atoms with van der Waals surface area (Å²) in [5, 5.41) is 0.526. The Labute approximate surface area is 176 Å². The topological polar surface area (TPSA) is 46.1 Å². The summed E-state index contributed by atoms with van der Waals surface area (Å²) < 4.78 is 14.3. The minimum Gasteiger partial charge on any atom is -0.278 e. The fraction of sp³-hybridized carbons (Fsp3) is 0.136. The number of hydrogen-bond donors (Lipinski definition) is 0. The first-order valence-electron chi connectivity index (χ1n) is 9.15. The van der Waals surface area contributed by atoms with E-state index >= 15 is 0 Å². The summed E-state index contributed by atoms with van der Waals surface area (Å²) in [7, 11) is 0. The van der Waals surface area contributed by atoms with E-state index < -0.39 is 0 Å². The minimum absolute atomic E-state index is 0.147. The van der Waals surface area contributed by atoms with E-state index in [1.807, 2.05) is 42.5 Å². The first kappa shape index (κ1) is 19.5. The van der Waals surface area contributed by atoms with Gasteiger partial charge in [-0.2, -0.15) is 0 Å². The van der Waals surface area contributed by atoms with Crippen LogP contribution in [0.5, 0.6) is 0 Å². The molecule has 0 bridgehead atoms. The van der Waals surface area contributed by atoms with E-state index in [1.54, 1.807) is 28.9 Å². The lowest BCUT2D eigenvalue weighted by atomic mass is 10.2. The molecule has 2 heterocycles. The number of thioether (sulfide) groups is 1. The molecule has 0 spiro atoms. The highest BCUT2D eigenvalue weighted by Gasteiger charge is 2.24. The fourth-order valence-corrected chi connectivity index (χ4v) is 4.74. The molecule has 0 fully saturated rings. The van der Waals surface area contributed by atoms with Gasteiger partial charge in [-0.05, 0) is 48.2 Å². The summed E-state index contributed by atoms with van der Waals surface area (Å²) in [6.07, 6.45) is 1.70. The molecule has 146 valence electrons. The Morgan fingerprint density at radius 3 is 2.76 bits per heavy atom. The normalized spacial score (nSPS) is 11.0. The molecule has 4 nitrogen and oxygen atoms in total. The average molecular weight is 424 g/mol. The van der Waals surface area contributed by atoms with Crippen LogP contribution in [0.2, 0.25) is 0 Å². The Bertz CT molecular complexity index is 1150. The summed E-state index contributed by atoms with van der Waals surface area (Å²) >= 11 is 2.93. The largest absolute Gasteiger partial charge is 0.278 e. The van der Waals surface area contributed by atoms with Crippen molar-refractivity contribution in [2.45, 2.75) is 18.4 Å². The number of hydrogen-bond acceptors (Lipinski definition) is 5. The van der Waals surface area contributed by atoms with Crippen molar-refractivity contribution in [1.29, 1.82) is 0 Å². The number of fused-ring (bicyclic) bond motifs is 1. The Morgan fingerprint density at radius 2 is 1.97 bits per heavy atom. The Hall–Kier alpha value is -2.77. The third kappa shape index (κ3) is 4.31. The molecule has 4 aromatic rings. The molecule has 0 aliphatic rings. The van der Waals surface area contributed by atoms with Gasteiger partial charge < -0.3 is 0 Å². The monoisotopic (exact) mass is 423 g/mol. The van der Waals surface area contributed by atoms with E-state index in [-0.39, 0.29) is 18.3 Å². The van der Waals surface area contributed by atoms with Crippen LogP contribution in [0, 0.1) is 5.82 Å². The third-order valence-electron chi connectivity index (χ3n) is 4.28. The Balaban J connectivity index is 1.78.